The predicted octanol–water partition coefficient (Wildman–Crippen LogP) is 2.02. The van der Waals surface area contributed by atoms with E-state index in [1.54, 1.807) is 13.1 Å². The molecule has 0 aromatic carbocycles. The third-order valence-electron chi connectivity index (χ3n) is 4.62. The van der Waals surface area contributed by atoms with E-state index in [2.05, 4.69) is 22.5 Å². The number of rotatable bonds is 5. The van der Waals surface area contributed by atoms with E-state index in [4.69, 9.17) is 0 Å². The van der Waals surface area contributed by atoms with E-state index in [1.165, 1.54) is 6.42 Å². The van der Waals surface area contributed by atoms with E-state index in [1.807, 2.05) is 24.1 Å². The summed E-state index contributed by atoms with van der Waals surface area (Å²) >= 11 is 0. The van der Waals surface area contributed by atoms with Crippen LogP contribution in [0, 0.1) is 6.92 Å². The van der Waals surface area contributed by atoms with Gasteiger partial charge < -0.3 is 15.5 Å². The maximum Gasteiger partial charge on any atom is 0.315 e. The standard InChI is InChI=1S/C18H28N4O2/c1-13-12-19-9-7-16(13)8-10-20-18(24)21-15(3)17(23)22-11-5-4-6-14(22)2/h7,9,12,14-15H,4-6,8,10-11H2,1-3H3,(H2,20,21,24)/t14-,15-/m0/s1. The van der Waals surface area contributed by atoms with Crippen LogP contribution in [0.25, 0.3) is 0 Å². The number of nitrogens with one attached hydrogen (secondary N) is 2. The molecule has 0 saturated carbocycles. The molecule has 2 N–H and O–H groups in total. The fraction of sp³-hybridized carbons (Fsp3) is 0.611. The van der Waals surface area contributed by atoms with Gasteiger partial charge in [0.15, 0.2) is 0 Å². The van der Waals surface area contributed by atoms with Gasteiger partial charge in [-0.3, -0.25) is 9.78 Å². The van der Waals surface area contributed by atoms with Crippen molar-refractivity contribution in [3.05, 3.63) is 29.6 Å². The average molecular weight is 332 g/mol. The Morgan fingerprint density at radius 2 is 2.21 bits per heavy atom. The molecule has 0 radical (unpaired) electrons. The highest BCUT2D eigenvalue weighted by Gasteiger charge is 2.27. The first-order chi connectivity index (χ1) is 11.5. The van der Waals surface area contributed by atoms with Crippen LogP contribution in [0.15, 0.2) is 18.5 Å². The van der Waals surface area contributed by atoms with Gasteiger partial charge in [0.25, 0.3) is 0 Å². The van der Waals surface area contributed by atoms with Gasteiger partial charge in [0.2, 0.25) is 5.91 Å². The summed E-state index contributed by atoms with van der Waals surface area (Å²) in [6.07, 6.45) is 7.56. The van der Waals surface area contributed by atoms with Gasteiger partial charge in [0, 0.05) is 31.5 Å². The van der Waals surface area contributed by atoms with Crippen LogP contribution in [0.3, 0.4) is 0 Å². The van der Waals surface area contributed by atoms with Crippen molar-refractivity contribution in [2.24, 2.45) is 0 Å². The normalized spacial score (nSPS) is 18.8. The summed E-state index contributed by atoms with van der Waals surface area (Å²) in [7, 11) is 0. The van der Waals surface area contributed by atoms with Gasteiger partial charge in [0.05, 0.1) is 0 Å². The van der Waals surface area contributed by atoms with E-state index < -0.39 is 6.04 Å². The molecular formula is C18H28N4O2. The minimum Gasteiger partial charge on any atom is -0.338 e. The number of piperidine rings is 1. The summed E-state index contributed by atoms with van der Waals surface area (Å²) in [4.78, 5) is 30.4. The molecule has 0 bridgehead atoms. The van der Waals surface area contributed by atoms with Crippen LogP contribution in [0.5, 0.6) is 0 Å². The molecule has 6 heteroatoms. The van der Waals surface area contributed by atoms with Crippen LogP contribution in [0.2, 0.25) is 0 Å². The molecule has 3 amide bonds. The molecule has 2 atom stereocenters. The molecule has 0 aliphatic carbocycles. The Morgan fingerprint density at radius 3 is 2.92 bits per heavy atom. The minimum atomic E-state index is -0.506. The molecule has 132 valence electrons. The third-order valence-corrected chi connectivity index (χ3v) is 4.62. The number of pyridine rings is 1. The summed E-state index contributed by atoms with van der Waals surface area (Å²) in [5, 5.41) is 5.56. The van der Waals surface area contributed by atoms with E-state index in [0.29, 0.717) is 6.54 Å². The molecule has 0 spiro atoms. The maximum atomic E-state index is 12.5. The molecule has 1 aromatic rings. The Bertz CT molecular complexity index is 576. The van der Waals surface area contributed by atoms with Gasteiger partial charge in [-0.15, -0.1) is 0 Å². The molecule has 1 aliphatic heterocycles. The Labute approximate surface area is 144 Å². The van der Waals surface area contributed by atoms with Crippen LogP contribution in [-0.2, 0) is 11.2 Å². The quantitative estimate of drug-likeness (QED) is 0.866. The van der Waals surface area contributed by atoms with Gasteiger partial charge in [-0.05, 0) is 63.6 Å². The molecule has 24 heavy (non-hydrogen) atoms. The highest BCUT2D eigenvalue weighted by atomic mass is 16.2. The van der Waals surface area contributed by atoms with E-state index in [-0.39, 0.29) is 18.0 Å². The third kappa shape index (κ3) is 4.94. The average Bonchev–Trinajstić information content (AvgIpc) is 2.56. The fourth-order valence-electron chi connectivity index (χ4n) is 3.08. The summed E-state index contributed by atoms with van der Waals surface area (Å²) in [6.45, 7) is 7.13. The molecule has 1 aliphatic rings. The number of hydrogen-bond acceptors (Lipinski definition) is 3. The van der Waals surface area contributed by atoms with Crippen molar-refractivity contribution in [2.45, 2.75) is 58.5 Å². The zero-order valence-corrected chi connectivity index (χ0v) is 14.8. The van der Waals surface area contributed by atoms with Crippen molar-refractivity contribution in [1.29, 1.82) is 0 Å². The van der Waals surface area contributed by atoms with Gasteiger partial charge in [-0.1, -0.05) is 0 Å². The molecule has 6 nitrogen and oxygen atoms in total. The molecule has 0 unspecified atom stereocenters. The van der Waals surface area contributed by atoms with Gasteiger partial charge in [-0.25, -0.2) is 4.79 Å². The Balaban J connectivity index is 1.75. The number of urea groups is 1. The van der Waals surface area contributed by atoms with Crippen LogP contribution in [0.1, 0.15) is 44.2 Å². The van der Waals surface area contributed by atoms with Crippen LogP contribution >= 0.6 is 0 Å². The number of nitrogens with zero attached hydrogens (tertiary/aromatic N) is 2. The summed E-state index contributed by atoms with van der Waals surface area (Å²) < 4.78 is 0. The first kappa shape index (κ1) is 18.2. The first-order valence-corrected chi connectivity index (χ1v) is 8.73. The predicted molar refractivity (Wildman–Crippen MR) is 93.7 cm³/mol. The number of carbonyl (C=O) groups is 2. The molecular weight excluding hydrogens is 304 g/mol. The van der Waals surface area contributed by atoms with Crippen molar-refractivity contribution in [3.8, 4) is 0 Å². The van der Waals surface area contributed by atoms with Gasteiger partial charge in [0.1, 0.15) is 6.04 Å². The Kier molecular flexibility index (Phi) is 6.58. The number of carbonyl (C=O) groups excluding carboxylic acids is 2. The molecule has 2 rings (SSSR count). The Hall–Kier alpha value is -2.11. The van der Waals surface area contributed by atoms with Crippen molar-refractivity contribution in [1.82, 2.24) is 20.5 Å². The van der Waals surface area contributed by atoms with Crippen LogP contribution in [-0.4, -0.2) is 47.0 Å². The lowest BCUT2D eigenvalue weighted by Crippen LogP contribution is -2.53. The van der Waals surface area contributed by atoms with Crippen LogP contribution in [0.4, 0.5) is 4.79 Å². The monoisotopic (exact) mass is 332 g/mol. The lowest BCUT2D eigenvalue weighted by molar-refractivity contribution is -0.136. The second kappa shape index (κ2) is 8.66. The molecule has 1 aromatic heterocycles. The molecule has 2 heterocycles. The number of aromatic nitrogens is 1. The second-order valence-corrected chi connectivity index (χ2v) is 6.55. The number of hydrogen-bond donors (Lipinski definition) is 2. The second-order valence-electron chi connectivity index (χ2n) is 6.55. The summed E-state index contributed by atoms with van der Waals surface area (Å²) in [5.41, 5.74) is 2.28. The lowest BCUT2D eigenvalue weighted by atomic mass is 10.0. The van der Waals surface area contributed by atoms with Crippen molar-refractivity contribution >= 4 is 11.9 Å². The van der Waals surface area contributed by atoms with Crippen molar-refractivity contribution in [2.75, 3.05) is 13.1 Å². The molecule has 1 saturated heterocycles. The number of aryl methyl sites for hydroxylation is 1. The number of amides is 3. The number of likely N-dealkylation sites (tertiary alicyclic amines) is 1. The van der Waals surface area contributed by atoms with Gasteiger partial charge in [-0.2, -0.15) is 0 Å². The maximum absolute atomic E-state index is 12.5. The first-order valence-electron chi connectivity index (χ1n) is 8.73. The summed E-state index contributed by atoms with van der Waals surface area (Å²) in [5.74, 6) is 0.00216. The van der Waals surface area contributed by atoms with Crippen molar-refractivity contribution < 1.29 is 9.59 Å². The zero-order valence-electron chi connectivity index (χ0n) is 14.8. The lowest BCUT2D eigenvalue weighted by Gasteiger charge is -2.35. The molecule has 1 fully saturated rings. The smallest absolute Gasteiger partial charge is 0.315 e. The minimum absolute atomic E-state index is 0.00216. The highest BCUT2D eigenvalue weighted by Crippen LogP contribution is 2.17. The van der Waals surface area contributed by atoms with E-state index >= 15 is 0 Å². The SMILES string of the molecule is Cc1cnccc1CCNC(=O)N[C@@H](C)C(=O)N1CCCC[C@@H]1C. The largest absolute Gasteiger partial charge is 0.338 e. The van der Waals surface area contributed by atoms with E-state index in [9.17, 15) is 9.59 Å². The zero-order chi connectivity index (χ0) is 17.5. The highest BCUT2D eigenvalue weighted by molar-refractivity contribution is 5.87. The van der Waals surface area contributed by atoms with Gasteiger partial charge >= 0.3 is 6.03 Å². The fourth-order valence-corrected chi connectivity index (χ4v) is 3.08. The van der Waals surface area contributed by atoms with E-state index in [0.717, 1.165) is 36.9 Å². The summed E-state index contributed by atoms with van der Waals surface area (Å²) in [6, 6.07) is 1.41. The topological polar surface area (TPSA) is 74.3 Å². The van der Waals surface area contributed by atoms with Crippen LogP contribution < -0.4 is 10.6 Å². The Morgan fingerprint density at radius 1 is 1.42 bits per heavy atom. The van der Waals surface area contributed by atoms with Crippen molar-refractivity contribution in [3.63, 3.8) is 0 Å².